The van der Waals surface area contributed by atoms with Crippen molar-refractivity contribution < 1.29 is 22.7 Å². The highest BCUT2D eigenvalue weighted by Crippen LogP contribution is 2.29. The van der Waals surface area contributed by atoms with Crippen molar-refractivity contribution in [2.24, 2.45) is 0 Å². The lowest BCUT2D eigenvalue weighted by Crippen LogP contribution is -2.31. The first-order valence-electron chi connectivity index (χ1n) is 10.1. The second-order valence-electron chi connectivity index (χ2n) is 7.56. The van der Waals surface area contributed by atoms with Gasteiger partial charge in [0.05, 0.1) is 16.1 Å². The molecule has 2 aromatic carbocycles. The first-order chi connectivity index (χ1) is 14.7. The van der Waals surface area contributed by atoms with Crippen LogP contribution in [0.15, 0.2) is 53.4 Å². The van der Waals surface area contributed by atoms with Crippen LogP contribution in [-0.4, -0.2) is 57.9 Å². The van der Waals surface area contributed by atoms with Gasteiger partial charge in [0, 0.05) is 32.9 Å². The van der Waals surface area contributed by atoms with Crippen LogP contribution < -0.4 is 10.2 Å². The Bertz CT molecular complexity index is 1050. The molecule has 0 aliphatic carbocycles. The van der Waals surface area contributed by atoms with Gasteiger partial charge in [-0.2, -0.15) is 0 Å². The summed E-state index contributed by atoms with van der Waals surface area (Å²) in [6.45, 7) is 3.01. The van der Waals surface area contributed by atoms with Gasteiger partial charge in [-0.15, -0.1) is 0 Å². The van der Waals surface area contributed by atoms with Gasteiger partial charge in [-0.05, 0) is 50.1 Å². The molecule has 3 rings (SSSR count). The summed E-state index contributed by atoms with van der Waals surface area (Å²) >= 11 is 0. The Kier molecular flexibility index (Phi) is 6.97. The molecule has 0 radical (unpaired) electrons. The number of esters is 1. The fourth-order valence-electron chi connectivity index (χ4n) is 3.33. The van der Waals surface area contributed by atoms with Gasteiger partial charge in [0.2, 0.25) is 10.0 Å². The molecule has 0 unspecified atom stereocenters. The Labute approximate surface area is 182 Å². The zero-order valence-electron chi connectivity index (χ0n) is 17.9. The average Bonchev–Trinajstić information content (AvgIpc) is 3.28. The minimum atomic E-state index is -3.73. The lowest BCUT2D eigenvalue weighted by Gasteiger charge is -2.23. The average molecular weight is 446 g/mol. The van der Waals surface area contributed by atoms with Gasteiger partial charge in [0.15, 0.2) is 6.10 Å². The van der Waals surface area contributed by atoms with Crippen LogP contribution in [-0.2, 0) is 19.6 Å². The smallest absolute Gasteiger partial charge is 0.341 e. The summed E-state index contributed by atoms with van der Waals surface area (Å²) in [6, 6.07) is 13.3. The van der Waals surface area contributed by atoms with E-state index in [9.17, 15) is 18.0 Å². The van der Waals surface area contributed by atoms with Crippen LogP contribution in [0.5, 0.6) is 0 Å². The number of carbonyl (C=O) groups is 2. The third-order valence-corrected chi connectivity index (χ3v) is 6.92. The number of benzene rings is 2. The number of para-hydroxylation sites is 1. The lowest BCUT2D eigenvalue weighted by atomic mass is 10.1. The van der Waals surface area contributed by atoms with Gasteiger partial charge in [-0.1, -0.05) is 18.2 Å². The molecule has 2 aromatic rings. The molecule has 0 spiro atoms. The van der Waals surface area contributed by atoms with Crippen molar-refractivity contribution in [3.05, 3.63) is 54.1 Å². The molecule has 166 valence electrons. The van der Waals surface area contributed by atoms with Gasteiger partial charge in [0.1, 0.15) is 0 Å². The fourth-order valence-corrected chi connectivity index (χ4v) is 4.26. The van der Waals surface area contributed by atoms with E-state index < -0.39 is 28.0 Å². The summed E-state index contributed by atoms with van der Waals surface area (Å²) < 4.78 is 31.6. The minimum Gasteiger partial charge on any atom is -0.449 e. The number of nitrogens with one attached hydrogen (secondary N) is 1. The summed E-state index contributed by atoms with van der Waals surface area (Å²) in [5, 5.41) is 2.69. The molecule has 1 heterocycles. The molecule has 31 heavy (non-hydrogen) atoms. The molecule has 1 saturated heterocycles. The summed E-state index contributed by atoms with van der Waals surface area (Å²) in [5.74, 6) is -1.22. The molecular formula is C22H27N3O5S. The number of nitrogens with zero attached hydrogens (tertiary/aromatic N) is 2. The van der Waals surface area contributed by atoms with Gasteiger partial charge < -0.3 is 15.0 Å². The Morgan fingerprint density at radius 3 is 2.32 bits per heavy atom. The van der Waals surface area contributed by atoms with Crippen LogP contribution in [0.1, 0.15) is 30.1 Å². The Morgan fingerprint density at radius 1 is 1.06 bits per heavy atom. The molecule has 0 saturated carbocycles. The van der Waals surface area contributed by atoms with E-state index in [1.165, 1.54) is 33.2 Å². The van der Waals surface area contributed by atoms with Crippen LogP contribution in [0, 0.1) is 0 Å². The van der Waals surface area contributed by atoms with Crippen molar-refractivity contribution in [1.29, 1.82) is 0 Å². The van der Waals surface area contributed by atoms with Gasteiger partial charge in [-0.3, -0.25) is 4.79 Å². The molecule has 0 aromatic heterocycles. The van der Waals surface area contributed by atoms with Crippen molar-refractivity contribution in [1.82, 2.24) is 4.31 Å². The van der Waals surface area contributed by atoms with Crippen molar-refractivity contribution in [2.45, 2.75) is 30.8 Å². The Morgan fingerprint density at radius 2 is 1.71 bits per heavy atom. The quantitative estimate of drug-likeness (QED) is 0.659. The van der Waals surface area contributed by atoms with Gasteiger partial charge in [-0.25, -0.2) is 17.5 Å². The second kappa shape index (κ2) is 9.49. The third kappa shape index (κ3) is 5.23. The number of amides is 1. The SMILES string of the molecule is C[C@@H](OC(=O)c1cc(S(=O)(=O)N(C)C)ccc1N1CCCC1)C(=O)Nc1ccccc1. The molecule has 1 amide bonds. The number of hydrogen-bond donors (Lipinski definition) is 1. The molecule has 0 bridgehead atoms. The monoisotopic (exact) mass is 445 g/mol. The molecule has 9 heteroatoms. The van der Waals surface area contributed by atoms with E-state index in [4.69, 9.17) is 4.74 Å². The first kappa shape index (κ1) is 22.8. The van der Waals surface area contributed by atoms with Crippen molar-refractivity contribution in [3.8, 4) is 0 Å². The molecule has 1 atom stereocenters. The highest BCUT2D eigenvalue weighted by Gasteiger charge is 2.27. The minimum absolute atomic E-state index is 0.00575. The van der Waals surface area contributed by atoms with Gasteiger partial charge in [0.25, 0.3) is 5.91 Å². The summed E-state index contributed by atoms with van der Waals surface area (Å²) in [5.41, 5.74) is 1.33. The molecular weight excluding hydrogens is 418 g/mol. The number of hydrogen-bond acceptors (Lipinski definition) is 6. The van der Waals surface area contributed by atoms with Crippen LogP contribution in [0.2, 0.25) is 0 Å². The Balaban J connectivity index is 1.85. The zero-order valence-corrected chi connectivity index (χ0v) is 18.7. The van der Waals surface area contributed by atoms with E-state index in [2.05, 4.69) is 5.32 Å². The van der Waals surface area contributed by atoms with Crippen LogP contribution in [0.3, 0.4) is 0 Å². The number of ether oxygens (including phenoxy) is 1. The highest BCUT2D eigenvalue weighted by molar-refractivity contribution is 7.89. The maximum atomic E-state index is 13.0. The maximum Gasteiger partial charge on any atom is 0.341 e. The number of sulfonamides is 1. The van der Waals surface area contributed by atoms with Crippen molar-refractivity contribution >= 4 is 33.3 Å². The van der Waals surface area contributed by atoms with E-state index in [1.54, 1.807) is 30.3 Å². The normalized spacial score (nSPS) is 15.0. The summed E-state index contributed by atoms with van der Waals surface area (Å²) in [6.07, 6.45) is 0.915. The Hall–Kier alpha value is -2.91. The zero-order chi connectivity index (χ0) is 22.6. The second-order valence-corrected chi connectivity index (χ2v) is 9.72. The van der Waals surface area contributed by atoms with Crippen LogP contribution >= 0.6 is 0 Å². The number of anilines is 2. The predicted octanol–water partition coefficient (Wildman–Crippen LogP) is 2.72. The largest absolute Gasteiger partial charge is 0.449 e. The topological polar surface area (TPSA) is 96.0 Å². The summed E-state index contributed by atoms with van der Waals surface area (Å²) in [4.78, 5) is 27.5. The van der Waals surface area contributed by atoms with E-state index >= 15 is 0 Å². The third-order valence-electron chi connectivity index (χ3n) is 5.11. The predicted molar refractivity (Wildman–Crippen MR) is 119 cm³/mol. The van der Waals surface area contributed by atoms with E-state index in [1.807, 2.05) is 11.0 Å². The molecule has 1 aliphatic rings. The molecule has 1 N–H and O–H groups in total. The van der Waals surface area contributed by atoms with Crippen LogP contribution in [0.4, 0.5) is 11.4 Å². The van der Waals surface area contributed by atoms with Crippen LogP contribution in [0.25, 0.3) is 0 Å². The van der Waals surface area contributed by atoms with E-state index in [0.717, 1.165) is 30.2 Å². The fraction of sp³-hybridized carbons (Fsp3) is 0.364. The van der Waals surface area contributed by atoms with E-state index in [0.29, 0.717) is 11.4 Å². The molecule has 8 nitrogen and oxygen atoms in total. The number of carbonyl (C=O) groups excluding carboxylic acids is 2. The van der Waals surface area contributed by atoms with Crippen molar-refractivity contribution in [2.75, 3.05) is 37.4 Å². The highest BCUT2D eigenvalue weighted by atomic mass is 32.2. The first-order valence-corrected chi connectivity index (χ1v) is 11.5. The standard InChI is InChI=1S/C22H27N3O5S/c1-16(21(26)23-17-9-5-4-6-10-17)30-22(27)19-15-18(31(28,29)24(2)3)11-12-20(19)25-13-7-8-14-25/h4-6,9-12,15-16H,7-8,13-14H2,1-3H3,(H,23,26)/t16-/m1/s1. The van der Waals surface area contributed by atoms with Crippen molar-refractivity contribution in [3.63, 3.8) is 0 Å². The molecule has 1 fully saturated rings. The number of rotatable bonds is 7. The summed E-state index contributed by atoms with van der Waals surface area (Å²) in [7, 11) is -0.874. The lowest BCUT2D eigenvalue weighted by molar-refractivity contribution is -0.123. The maximum absolute atomic E-state index is 13.0. The van der Waals surface area contributed by atoms with E-state index in [-0.39, 0.29) is 10.5 Å². The molecule has 1 aliphatic heterocycles. The van der Waals surface area contributed by atoms with Gasteiger partial charge >= 0.3 is 5.97 Å².